The highest BCUT2D eigenvalue weighted by molar-refractivity contribution is 4.81. The van der Waals surface area contributed by atoms with Gasteiger partial charge in [0.2, 0.25) is 0 Å². The third kappa shape index (κ3) is 1.48. The van der Waals surface area contributed by atoms with Gasteiger partial charge in [-0.05, 0) is 12.8 Å². The molecule has 3 nitrogen and oxygen atoms in total. The minimum absolute atomic E-state index is 0.212. The van der Waals surface area contributed by atoms with E-state index in [4.69, 9.17) is 5.11 Å². The van der Waals surface area contributed by atoms with Crippen LogP contribution in [0.1, 0.15) is 26.2 Å². The molecule has 1 saturated carbocycles. The van der Waals surface area contributed by atoms with Crippen molar-refractivity contribution >= 4 is 0 Å². The van der Waals surface area contributed by atoms with Crippen LogP contribution in [0.5, 0.6) is 0 Å². The summed E-state index contributed by atoms with van der Waals surface area (Å²) < 4.78 is 0. The average molecular weight is 146 g/mol. The Morgan fingerprint density at radius 1 is 1.40 bits per heavy atom. The van der Waals surface area contributed by atoms with Gasteiger partial charge in [-0.3, -0.25) is 0 Å². The summed E-state index contributed by atoms with van der Waals surface area (Å²) in [6, 6.07) is 0. The number of rotatable bonds is 0. The largest absolute Gasteiger partial charge is 0.393 e. The topological polar surface area (TPSA) is 60.7 Å². The van der Waals surface area contributed by atoms with Crippen LogP contribution in [0.2, 0.25) is 0 Å². The van der Waals surface area contributed by atoms with Crippen molar-refractivity contribution in [1.29, 1.82) is 0 Å². The van der Waals surface area contributed by atoms with Gasteiger partial charge < -0.3 is 15.3 Å². The van der Waals surface area contributed by atoms with E-state index in [0.717, 1.165) is 0 Å². The Bertz CT molecular complexity index is 122. The molecule has 0 spiro atoms. The Hall–Kier alpha value is -0.120. The van der Waals surface area contributed by atoms with Gasteiger partial charge in [0.1, 0.15) is 0 Å². The first-order chi connectivity index (χ1) is 4.52. The van der Waals surface area contributed by atoms with Crippen LogP contribution in [0, 0.1) is 5.92 Å². The molecule has 0 aromatic heterocycles. The molecule has 10 heavy (non-hydrogen) atoms. The van der Waals surface area contributed by atoms with E-state index < -0.39 is 5.79 Å². The third-order valence-corrected chi connectivity index (χ3v) is 2.26. The molecule has 3 N–H and O–H groups in total. The van der Waals surface area contributed by atoms with Crippen LogP contribution in [0.15, 0.2) is 0 Å². The van der Waals surface area contributed by atoms with Crippen LogP contribution in [-0.2, 0) is 0 Å². The maximum atomic E-state index is 9.21. The van der Waals surface area contributed by atoms with Crippen LogP contribution in [-0.4, -0.2) is 27.2 Å². The van der Waals surface area contributed by atoms with Crippen molar-refractivity contribution in [2.45, 2.75) is 38.1 Å². The fourth-order valence-corrected chi connectivity index (χ4v) is 1.34. The molecule has 0 radical (unpaired) electrons. The molecule has 0 saturated heterocycles. The predicted molar refractivity (Wildman–Crippen MR) is 36.2 cm³/mol. The average Bonchev–Trinajstić information content (AvgIpc) is 1.81. The molecule has 0 aromatic rings. The molecular formula is C7H14O3. The fourth-order valence-electron chi connectivity index (χ4n) is 1.34. The normalized spacial score (nSPS) is 39.6. The first-order valence-electron chi connectivity index (χ1n) is 3.65. The second kappa shape index (κ2) is 2.49. The second-order valence-corrected chi connectivity index (χ2v) is 3.21. The quantitative estimate of drug-likeness (QED) is 0.416. The highest BCUT2D eigenvalue weighted by atomic mass is 16.5. The lowest BCUT2D eigenvalue weighted by atomic mass is 9.83. The van der Waals surface area contributed by atoms with E-state index in [0.29, 0.717) is 12.8 Å². The zero-order valence-electron chi connectivity index (χ0n) is 6.12. The monoisotopic (exact) mass is 146 g/mol. The molecule has 1 fully saturated rings. The highest BCUT2D eigenvalue weighted by Crippen LogP contribution is 2.31. The number of aliphatic hydroxyl groups excluding tert-OH is 1. The molecule has 1 rings (SSSR count). The van der Waals surface area contributed by atoms with Crippen LogP contribution in [0.3, 0.4) is 0 Å². The van der Waals surface area contributed by atoms with Gasteiger partial charge in [0.05, 0.1) is 6.10 Å². The van der Waals surface area contributed by atoms with Crippen molar-refractivity contribution < 1.29 is 15.3 Å². The molecule has 60 valence electrons. The zero-order chi connectivity index (χ0) is 7.78. The maximum absolute atomic E-state index is 9.21. The number of hydrogen-bond acceptors (Lipinski definition) is 3. The summed E-state index contributed by atoms with van der Waals surface area (Å²) >= 11 is 0. The number of aliphatic hydroxyl groups is 3. The van der Waals surface area contributed by atoms with E-state index in [-0.39, 0.29) is 18.4 Å². The fraction of sp³-hybridized carbons (Fsp3) is 1.00. The van der Waals surface area contributed by atoms with Gasteiger partial charge in [-0.25, -0.2) is 0 Å². The van der Waals surface area contributed by atoms with Crippen molar-refractivity contribution in [3.05, 3.63) is 0 Å². The maximum Gasteiger partial charge on any atom is 0.165 e. The van der Waals surface area contributed by atoms with E-state index in [9.17, 15) is 10.2 Å². The summed E-state index contributed by atoms with van der Waals surface area (Å²) in [6.07, 6.45) is 0.932. The minimum atomic E-state index is -1.54. The van der Waals surface area contributed by atoms with Crippen molar-refractivity contribution in [2.75, 3.05) is 0 Å². The molecule has 0 heterocycles. The first-order valence-corrected chi connectivity index (χ1v) is 3.65. The molecule has 0 aromatic carbocycles. The molecule has 0 aliphatic heterocycles. The van der Waals surface area contributed by atoms with Crippen molar-refractivity contribution in [3.8, 4) is 0 Å². The van der Waals surface area contributed by atoms with Gasteiger partial charge >= 0.3 is 0 Å². The summed E-state index contributed by atoms with van der Waals surface area (Å²) in [6.45, 7) is 1.74. The second-order valence-electron chi connectivity index (χ2n) is 3.21. The van der Waals surface area contributed by atoms with Crippen LogP contribution < -0.4 is 0 Å². The lowest BCUT2D eigenvalue weighted by Gasteiger charge is -2.35. The van der Waals surface area contributed by atoms with Crippen LogP contribution in [0.4, 0.5) is 0 Å². The van der Waals surface area contributed by atoms with Crippen molar-refractivity contribution in [2.24, 2.45) is 5.92 Å². The SMILES string of the molecule is CC1CC(O)CCC1(O)O. The highest BCUT2D eigenvalue weighted by Gasteiger charge is 2.36. The van der Waals surface area contributed by atoms with E-state index >= 15 is 0 Å². The Kier molecular flexibility index (Phi) is 1.99. The third-order valence-electron chi connectivity index (χ3n) is 2.26. The van der Waals surface area contributed by atoms with Gasteiger partial charge in [-0.2, -0.15) is 0 Å². The smallest absolute Gasteiger partial charge is 0.165 e. The Labute approximate surface area is 60.3 Å². The Balaban J connectivity index is 2.52. The lowest BCUT2D eigenvalue weighted by Crippen LogP contribution is -2.42. The van der Waals surface area contributed by atoms with Gasteiger partial charge in [0, 0.05) is 12.3 Å². The van der Waals surface area contributed by atoms with Crippen molar-refractivity contribution in [3.63, 3.8) is 0 Å². The minimum Gasteiger partial charge on any atom is -0.393 e. The van der Waals surface area contributed by atoms with Crippen LogP contribution >= 0.6 is 0 Å². The zero-order valence-corrected chi connectivity index (χ0v) is 6.12. The standard InChI is InChI=1S/C7H14O3/c1-5-4-6(8)2-3-7(5,9)10/h5-6,8-10H,2-4H2,1H3. The molecule has 3 heteroatoms. The first kappa shape index (κ1) is 7.98. The molecule has 0 bridgehead atoms. The van der Waals surface area contributed by atoms with Crippen LogP contribution in [0.25, 0.3) is 0 Å². The van der Waals surface area contributed by atoms with Gasteiger partial charge in [0.15, 0.2) is 5.79 Å². The van der Waals surface area contributed by atoms with Crippen molar-refractivity contribution in [1.82, 2.24) is 0 Å². The Morgan fingerprint density at radius 2 is 2.00 bits per heavy atom. The predicted octanol–water partition coefficient (Wildman–Crippen LogP) is -0.152. The molecule has 1 aliphatic carbocycles. The summed E-state index contributed by atoms with van der Waals surface area (Å²) in [7, 11) is 0. The Morgan fingerprint density at radius 3 is 2.40 bits per heavy atom. The molecule has 2 unspecified atom stereocenters. The number of hydrogen-bond donors (Lipinski definition) is 3. The van der Waals surface area contributed by atoms with Gasteiger partial charge in [-0.15, -0.1) is 0 Å². The molecule has 2 atom stereocenters. The summed E-state index contributed by atoms with van der Waals surface area (Å²) in [5.41, 5.74) is 0. The summed E-state index contributed by atoms with van der Waals surface area (Å²) in [5.74, 6) is -1.75. The summed E-state index contributed by atoms with van der Waals surface area (Å²) in [4.78, 5) is 0. The van der Waals surface area contributed by atoms with E-state index in [1.165, 1.54) is 0 Å². The van der Waals surface area contributed by atoms with E-state index in [1.54, 1.807) is 6.92 Å². The molecule has 0 amide bonds. The summed E-state index contributed by atoms with van der Waals surface area (Å²) in [5, 5.41) is 27.5. The lowest BCUT2D eigenvalue weighted by molar-refractivity contribution is -0.223. The molecule has 1 aliphatic rings. The van der Waals surface area contributed by atoms with E-state index in [1.807, 2.05) is 0 Å². The van der Waals surface area contributed by atoms with E-state index in [2.05, 4.69) is 0 Å². The van der Waals surface area contributed by atoms with Gasteiger partial charge in [0.25, 0.3) is 0 Å². The molecular weight excluding hydrogens is 132 g/mol. The van der Waals surface area contributed by atoms with Gasteiger partial charge in [-0.1, -0.05) is 6.92 Å².